The molecule has 0 amide bonds. The van der Waals surface area contributed by atoms with Gasteiger partial charge in [-0.3, -0.25) is 5.84 Å². The van der Waals surface area contributed by atoms with Crippen molar-refractivity contribution in [2.75, 3.05) is 0 Å². The van der Waals surface area contributed by atoms with E-state index in [2.05, 4.69) is 21.4 Å². The Bertz CT molecular complexity index is 547. The van der Waals surface area contributed by atoms with Crippen molar-refractivity contribution in [3.8, 4) is 0 Å². The second-order valence-corrected chi connectivity index (χ2v) is 5.00. The monoisotopic (exact) mass is 332 g/mol. The minimum atomic E-state index is -0.432. The lowest BCUT2D eigenvalue weighted by Gasteiger charge is -2.13. The number of rotatable bonds is 4. The summed E-state index contributed by atoms with van der Waals surface area (Å²) in [5, 5.41) is 0.101. The highest BCUT2D eigenvalue weighted by molar-refractivity contribution is 9.10. The van der Waals surface area contributed by atoms with Gasteiger partial charge in [-0.25, -0.2) is 9.82 Å². The number of nitrogens with one attached hydrogen (secondary N) is 1. The molecule has 0 aliphatic heterocycles. The molecule has 3 nitrogen and oxygen atoms in total. The molecule has 1 heterocycles. The first-order valence-electron chi connectivity index (χ1n) is 5.25. The third-order valence-corrected chi connectivity index (χ3v) is 3.28. The van der Waals surface area contributed by atoms with Gasteiger partial charge >= 0.3 is 0 Å². The number of nitrogens with two attached hydrogens (primary N) is 1. The largest absolute Gasteiger partial charge is 0.453 e. The summed E-state index contributed by atoms with van der Waals surface area (Å²) in [4.78, 5) is 0. The zero-order chi connectivity index (χ0) is 13.1. The fourth-order valence-electron chi connectivity index (χ4n) is 1.66. The van der Waals surface area contributed by atoms with E-state index in [1.54, 1.807) is 18.2 Å². The third kappa shape index (κ3) is 3.11. The summed E-state index contributed by atoms with van der Waals surface area (Å²) >= 11 is 8.96. The van der Waals surface area contributed by atoms with Gasteiger partial charge in [-0.1, -0.05) is 17.7 Å². The maximum absolute atomic E-state index is 13.0. The van der Waals surface area contributed by atoms with Gasteiger partial charge in [-0.15, -0.1) is 0 Å². The van der Waals surface area contributed by atoms with Crippen LogP contribution < -0.4 is 11.3 Å². The van der Waals surface area contributed by atoms with Crippen LogP contribution in [0.4, 0.5) is 4.39 Å². The molecule has 0 fully saturated rings. The lowest BCUT2D eigenvalue weighted by molar-refractivity contribution is 0.404. The number of hydrogen-bond acceptors (Lipinski definition) is 3. The summed E-state index contributed by atoms with van der Waals surface area (Å²) in [6, 6.07) is 8.00. The zero-order valence-corrected chi connectivity index (χ0v) is 11.6. The predicted octanol–water partition coefficient (Wildman–Crippen LogP) is 3.58. The van der Waals surface area contributed by atoms with Crippen LogP contribution in [0.15, 0.2) is 39.4 Å². The molecule has 3 N–H and O–H groups in total. The quantitative estimate of drug-likeness (QED) is 0.664. The lowest BCUT2D eigenvalue weighted by atomic mass is 10.0. The Balaban J connectivity index is 2.17. The number of hydrazine groups is 1. The second kappa shape index (κ2) is 5.84. The van der Waals surface area contributed by atoms with Crippen molar-refractivity contribution >= 4 is 27.5 Å². The maximum Gasteiger partial charge on any atom is 0.169 e. The highest BCUT2D eigenvalue weighted by atomic mass is 79.9. The van der Waals surface area contributed by atoms with Gasteiger partial charge < -0.3 is 4.42 Å². The minimum Gasteiger partial charge on any atom is -0.453 e. The van der Waals surface area contributed by atoms with E-state index in [0.717, 1.165) is 5.56 Å². The summed E-state index contributed by atoms with van der Waals surface area (Å²) in [5.41, 5.74) is 3.53. The molecule has 6 heteroatoms. The summed E-state index contributed by atoms with van der Waals surface area (Å²) in [7, 11) is 0. The first kappa shape index (κ1) is 13.5. The molecule has 0 saturated carbocycles. The Labute approximate surface area is 117 Å². The Morgan fingerprint density at radius 2 is 2.17 bits per heavy atom. The van der Waals surface area contributed by atoms with Crippen molar-refractivity contribution < 1.29 is 8.81 Å². The van der Waals surface area contributed by atoms with E-state index in [-0.39, 0.29) is 11.1 Å². The summed E-state index contributed by atoms with van der Waals surface area (Å²) in [5.74, 6) is 5.76. The molecule has 18 heavy (non-hydrogen) atoms. The van der Waals surface area contributed by atoms with Gasteiger partial charge in [-0.2, -0.15) is 0 Å². The first-order valence-corrected chi connectivity index (χ1v) is 6.42. The Kier molecular flexibility index (Phi) is 4.40. The van der Waals surface area contributed by atoms with Gasteiger partial charge in [-0.05, 0) is 52.2 Å². The van der Waals surface area contributed by atoms with Crippen LogP contribution in [0.2, 0.25) is 5.02 Å². The summed E-state index contributed by atoms with van der Waals surface area (Å²) in [6.07, 6.45) is 0.552. The highest BCUT2D eigenvalue weighted by Crippen LogP contribution is 2.24. The van der Waals surface area contributed by atoms with Crippen LogP contribution in [-0.4, -0.2) is 0 Å². The average Bonchev–Trinajstić information content (AvgIpc) is 2.77. The van der Waals surface area contributed by atoms with E-state index >= 15 is 0 Å². The van der Waals surface area contributed by atoms with Gasteiger partial charge in [0.05, 0.1) is 11.1 Å². The molecule has 0 spiro atoms. The standard InChI is InChI=1S/C12H11BrClFN2O/c13-12-4-3-11(18-12)10(17-16)6-7-1-2-9(15)8(14)5-7/h1-5,10,17H,6,16H2. The van der Waals surface area contributed by atoms with Crippen LogP contribution in [-0.2, 0) is 6.42 Å². The van der Waals surface area contributed by atoms with Crippen LogP contribution in [0.25, 0.3) is 0 Å². The lowest BCUT2D eigenvalue weighted by Crippen LogP contribution is -2.29. The average molecular weight is 334 g/mol. The molecular formula is C12H11BrClFN2O. The molecular weight excluding hydrogens is 322 g/mol. The van der Waals surface area contributed by atoms with E-state index in [9.17, 15) is 4.39 Å². The molecule has 2 rings (SSSR count). The number of benzene rings is 1. The normalized spacial score (nSPS) is 12.7. The Morgan fingerprint density at radius 1 is 1.39 bits per heavy atom. The van der Waals surface area contributed by atoms with Crippen LogP contribution >= 0.6 is 27.5 Å². The predicted molar refractivity (Wildman–Crippen MR) is 71.6 cm³/mol. The van der Waals surface area contributed by atoms with Crippen LogP contribution in [0.1, 0.15) is 17.4 Å². The molecule has 0 bridgehead atoms. The SMILES string of the molecule is NNC(Cc1ccc(F)c(Cl)c1)c1ccc(Br)o1. The highest BCUT2D eigenvalue weighted by Gasteiger charge is 2.15. The summed E-state index contributed by atoms with van der Waals surface area (Å²) < 4.78 is 19.1. The van der Waals surface area contributed by atoms with Crippen molar-refractivity contribution in [2.24, 2.45) is 5.84 Å². The molecule has 0 aliphatic carbocycles. The van der Waals surface area contributed by atoms with Gasteiger partial charge in [0.1, 0.15) is 11.6 Å². The second-order valence-electron chi connectivity index (χ2n) is 3.81. The minimum absolute atomic E-state index is 0.101. The number of furan rings is 1. The van der Waals surface area contributed by atoms with Crippen molar-refractivity contribution in [1.29, 1.82) is 0 Å². The first-order chi connectivity index (χ1) is 8.60. The summed E-state index contributed by atoms with van der Waals surface area (Å²) in [6.45, 7) is 0. The van der Waals surface area contributed by atoms with E-state index in [1.165, 1.54) is 6.07 Å². The molecule has 1 aromatic carbocycles. The molecule has 0 aliphatic rings. The molecule has 96 valence electrons. The molecule has 1 aromatic heterocycles. The zero-order valence-electron chi connectivity index (χ0n) is 9.29. The Hall–Kier alpha value is -0.880. The van der Waals surface area contributed by atoms with E-state index in [0.29, 0.717) is 16.9 Å². The van der Waals surface area contributed by atoms with Gasteiger partial charge in [0.15, 0.2) is 4.67 Å². The third-order valence-electron chi connectivity index (χ3n) is 2.56. The fraction of sp³-hybridized carbons (Fsp3) is 0.167. The van der Waals surface area contributed by atoms with Crippen LogP contribution in [0, 0.1) is 5.82 Å². The Morgan fingerprint density at radius 3 is 2.72 bits per heavy atom. The van der Waals surface area contributed by atoms with Gasteiger partial charge in [0.25, 0.3) is 0 Å². The number of hydrogen-bond donors (Lipinski definition) is 2. The molecule has 1 atom stereocenters. The maximum atomic E-state index is 13.0. The van der Waals surface area contributed by atoms with Crippen molar-refractivity contribution in [2.45, 2.75) is 12.5 Å². The fourth-order valence-corrected chi connectivity index (χ4v) is 2.18. The molecule has 0 saturated heterocycles. The molecule has 0 radical (unpaired) electrons. The molecule has 2 aromatic rings. The van der Waals surface area contributed by atoms with E-state index in [1.807, 2.05) is 6.07 Å². The van der Waals surface area contributed by atoms with Gasteiger partial charge in [0, 0.05) is 0 Å². The van der Waals surface area contributed by atoms with Crippen molar-refractivity contribution in [3.63, 3.8) is 0 Å². The van der Waals surface area contributed by atoms with Crippen molar-refractivity contribution in [1.82, 2.24) is 5.43 Å². The molecule has 1 unspecified atom stereocenters. The van der Waals surface area contributed by atoms with Crippen LogP contribution in [0.3, 0.4) is 0 Å². The van der Waals surface area contributed by atoms with E-state index < -0.39 is 5.82 Å². The van der Waals surface area contributed by atoms with Crippen LogP contribution in [0.5, 0.6) is 0 Å². The van der Waals surface area contributed by atoms with Gasteiger partial charge in [0.2, 0.25) is 0 Å². The van der Waals surface area contributed by atoms with E-state index in [4.69, 9.17) is 21.9 Å². The topological polar surface area (TPSA) is 51.2 Å². The number of halogens is 3. The smallest absolute Gasteiger partial charge is 0.169 e. The van der Waals surface area contributed by atoms with Crippen molar-refractivity contribution in [3.05, 3.63) is 57.2 Å².